The molecule has 3 aromatic rings. The highest BCUT2D eigenvalue weighted by molar-refractivity contribution is 5.96. The molecule has 2 aromatic heterocycles. The van der Waals surface area contributed by atoms with Crippen LogP contribution in [0.15, 0.2) is 36.5 Å². The first kappa shape index (κ1) is 16.8. The number of benzene rings is 1. The Labute approximate surface area is 153 Å². The Morgan fingerprint density at radius 3 is 2.65 bits per heavy atom. The maximum Gasteiger partial charge on any atom is 0.257 e. The SMILES string of the molecule is Cc1nn2c(C)c(C(=O)N3CCCC[C@@H]3C)cnc2c1-c1ccccc1. The molecule has 0 aliphatic carbocycles. The Bertz CT molecular complexity index is 961. The van der Waals surface area contributed by atoms with Gasteiger partial charge in [0.05, 0.1) is 17.0 Å². The van der Waals surface area contributed by atoms with Gasteiger partial charge in [-0.3, -0.25) is 4.79 Å². The molecule has 0 bridgehead atoms. The smallest absolute Gasteiger partial charge is 0.257 e. The summed E-state index contributed by atoms with van der Waals surface area (Å²) in [5, 5.41) is 4.68. The van der Waals surface area contributed by atoms with Gasteiger partial charge < -0.3 is 4.90 Å². The molecular weight excluding hydrogens is 324 g/mol. The van der Waals surface area contributed by atoms with E-state index in [1.165, 1.54) is 6.42 Å². The van der Waals surface area contributed by atoms with E-state index in [0.29, 0.717) is 5.56 Å². The molecule has 4 rings (SSSR count). The molecule has 1 aliphatic heterocycles. The average molecular weight is 348 g/mol. The van der Waals surface area contributed by atoms with Crippen molar-refractivity contribution >= 4 is 11.6 Å². The van der Waals surface area contributed by atoms with E-state index in [4.69, 9.17) is 0 Å². The molecule has 1 amide bonds. The fraction of sp³-hybridized carbons (Fsp3) is 0.381. The summed E-state index contributed by atoms with van der Waals surface area (Å²) >= 11 is 0. The summed E-state index contributed by atoms with van der Waals surface area (Å²) in [6.45, 7) is 6.90. The van der Waals surface area contributed by atoms with Gasteiger partial charge in [-0.1, -0.05) is 30.3 Å². The van der Waals surface area contributed by atoms with Crippen molar-refractivity contribution in [1.82, 2.24) is 19.5 Å². The Kier molecular flexibility index (Phi) is 4.23. The molecule has 5 heteroatoms. The molecule has 1 aliphatic rings. The van der Waals surface area contributed by atoms with Gasteiger partial charge in [0.25, 0.3) is 5.91 Å². The minimum absolute atomic E-state index is 0.0681. The third-order valence-corrected chi connectivity index (χ3v) is 5.42. The highest BCUT2D eigenvalue weighted by atomic mass is 16.2. The highest BCUT2D eigenvalue weighted by Crippen LogP contribution is 2.28. The van der Waals surface area contributed by atoms with Crippen molar-refractivity contribution in [3.8, 4) is 11.1 Å². The normalized spacial score (nSPS) is 17.7. The van der Waals surface area contributed by atoms with Crippen LogP contribution in [-0.4, -0.2) is 38.0 Å². The van der Waals surface area contributed by atoms with Gasteiger partial charge in [-0.25, -0.2) is 9.50 Å². The second kappa shape index (κ2) is 6.56. The quantitative estimate of drug-likeness (QED) is 0.702. The predicted octanol–water partition coefficient (Wildman–Crippen LogP) is 4.03. The Hall–Kier alpha value is -2.69. The summed E-state index contributed by atoms with van der Waals surface area (Å²) in [6.07, 6.45) is 5.06. The maximum absolute atomic E-state index is 13.1. The van der Waals surface area contributed by atoms with E-state index >= 15 is 0 Å². The molecule has 26 heavy (non-hydrogen) atoms. The van der Waals surface area contributed by atoms with Crippen molar-refractivity contribution in [2.24, 2.45) is 0 Å². The van der Waals surface area contributed by atoms with Crippen LogP contribution in [0.25, 0.3) is 16.8 Å². The number of likely N-dealkylation sites (tertiary alicyclic amines) is 1. The first-order chi connectivity index (χ1) is 12.6. The molecule has 1 aromatic carbocycles. The van der Waals surface area contributed by atoms with Crippen LogP contribution in [-0.2, 0) is 0 Å². The van der Waals surface area contributed by atoms with Crippen molar-refractivity contribution in [2.75, 3.05) is 6.54 Å². The monoisotopic (exact) mass is 348 g/mol. The summed E-state index contributed by atoms with van der Waals surface area (Å²) in [7, 11) is 0. The van der Waals surface area contributed by atoms with Crippen LogP contribution in [0.3, 0.4) is 0 Å². The Balaban J connectivity index is 1.80. The molecule has 0 spiro atoms. The van der Waals surface area contributed by atoms with E-state index < -0.39 is 0 Å². The number of carbonyl (C=O) groups excluding carboxylic acids is 1. The number of aromatic nitrogens is 3. The number of piperidine rings is 1. The number of amides is 1. The molecule has 134 valence electrons. The number of carbonyl (C=O) groups is 1. The fourth-order valence-electron chi connectivity index (χ4n) is 3.91. The second-order valence-electron chi connectivity index (χ2n) is 7.16. The Morgan fingerprint density at radius 1 is 1.15 bits per heavy atom. The second-order valence-corrected chi connectivity index (χ2v) is 7.16. The fourth-order valence-corrected chi connectivity index (χ4v) is 3.91. The zero-order valence-corrected chi connectivity index (χ0v) is 15.6. The van der Waals surface area contributed by atoms with Gasteiger partial charge in [0.1, 0.15) is 0 Å². The van der Waals surface area contributed by atoms with Crippen LogP contribution in [0.5, 0.6) is 0 Å². The summed E-state index contributed by atoms with van der Waals surface area (Å²) in [4.78, 5) is 19.7. The average Bonchev–Trinajstić information content (AvgIpc) is 2.99. The van der Waals surface area contributed by atoms with E-state index in [0.717, 1.165) is 47.5 Å². The van der Waals surface area contributed by atoms with Crippen LogP contribution < -0.4 is 0 Å². The zero-order chi connectivity index (χ0) is 18.3. The molecule has 0 saturated carbocycles. The van der Waals surface area contributed by atoms with Gasteiger partial charge in [-0.05, 0) is 45.6 Å². The molecule has 1 saturated heterocycles. The van der Waals surface area contributed by atoms with Crippen LogP contribution in [0.2, 0.25) is 0 Å². The lowest BCUT2D eigenvalue weighted by molar-refractivity contribution is 0.0633. The van der Waals surface area contributed by atoms with Crippen molar-refractivity contribution in [3.05, 3.63) is 53.5 Å². The molecule has 3 heterocycles. The number of fused-ring (bicyclic) bond motifs is 1. The Morgan fingerprint density at radius 2 is 1.92 bits per heavy atom. The lowest BCUT2D eigenvalue weighted by Gasteiger charge is -2.33. The van der Waals surface area contributed by atoms with Crippen LogP contribution in [0.4, 0.5) is 0 Å². The number of aryl methyl sites for hydroxylation is 2. The van der Waals surface area contributed by atoms with E-state index in [2.05, 4.69) is 29.1 Å². The molecule has 0 N–H and O–H groups in total. The third kappa shape index (κ3) is 2.68. The molecule has 1 fully saturated rings. The molecule has 0 unspecified atom stereocenters. The predicted molar refractivity (Wildman–Crippen MR) is 102 cm³/mol. The number of hydrogen-bond donors (Lipinski definition) is 0. The minimum Gasteiger partial charge on any atom is -0.336 e. The lowest BCUT2D eigenvalue weighted by Crippen LogP contribution is -2.42. The minimum atomic E-state index is 0.0681. The topological polar surface area (TPSA) is 50.5 Å². The van der Waals surface area contributed by atoms with Gasteiger partial charge in [0.15, 0.2) is 5.65 Å². The lowest BCUT2D eigenvalue weighted by atomic mass is 10.0. The van der Waals surface area contributed by atoms with Gasteiger partial charge in [0, 0.05) is 24.3 Å². The van der Waals surface area contributed by atoms with Gasteiger partial charge in [0.2, 0.25) is 0 Å². The molecular formula is C21H24N4O. The molecule has 0 radical (unpaired) electrons. The number of hydrogen-bond acceptors (Lipinski definition) is 3. The summed E-state index contributed by atoms with van der Waals surface area (Å²) < 4.78 is 1.82. The first-order valence-corrected chi connectivity index (χ1v) is 9.29. The van der Waals surface area contributed by atoms with Gasteiger partial charge >= 0.3 is 0 Å². The van der Waals surface area contributed by atoms with Crippen molar-refractivity contribution in [3.63, 3.8) is 0 Å². The van der Waals surface area contributed by atoms with Crippen LogP contribution >= 0.6 is 0 Å². The molecule has 5 nitrogen and oxygen atoms in total. The van der Waals surface area contributed by atoms with E-state index in [1.807, 2.05) is 41.5 Å². The van der Waals surface area contributed by atoms with Crippen LogP contribution in [0, 0.1) is 13.8 Å². The summed E-state index contributed by atoms with van der Waals surface area (Å²) in [5.41, 5.74) is 5.34. The van der Waals surface area contributed by atoms with E-state index in [1.54, 1.807) is 6.20 Å². The van der Waals surface area contributed by atoms with Gasteiger partial charge in [-0.15, -0.1) is 0 Å². The van der Waals surface area contributed by atoms with E-state index in [-0.39, 0.29) is 11.9 Å². The number of nitrogens with zero attached hydrogens (tertiary/aromatic N) is 4. The van der Waals surface area contributed by atoms with Crippen LogP contribution in [0.1, 0.15) is 47.9 Å². The largest absolute Gasteiger partial charge is 0.336 e. The van der Waals surface area contributed by atoms with E-state index in [9.17, 15) is 4.79 Å². The first-order valence-electron chi connectivity index (χ1n) is 9.29. The standard InChI is InChI=1S/C21H24N4O/c1-14-9-7-8-12-24(14)21(26)18-13-22-20-19(17-10-5-4-6-11-17)15(2)23-25(20)16(18)3/h4-6,10-11,13-14H,7-9,12H2,1-3H3/t14-/m0/s1. The number of rotatable bonds is 2. The third-order valence-electron chi connectivity index (χ3n) is 5.42. The zero-order valence-electron chi connectivity index (χ0n) is 15.6. The van der Waals surface area contributed by atoms with Crippen molar-refractivity contribution in [2.45, 2.75) is 46.1 Å². The summed E-state index contributed by atoms with van der Waals surface area (Å²) in [6, 6.07) is 10.4. The maximum atomic E-state index is 13.1. The van der Waals surface area contributed by atoms with Gasteiger partial charge in [-0.2, -0.15) is 5.10 Å². The highest BCUT2D eigenvalue weighted by Gasteiger charge is 2.27. The van der Waals surface area contributed by atoms with Crippen molar-refractivity contribution < 1.29 is 4.79 Å². The van der Waals surface area contributed by atoms with Crippen molar-refractivity contribution in [1.29, 1.82) is 0 Å². The molecule has 1 atom stereocenters. The summed E-state index contributed by atoms with van der Waals surface area (Å²) in [5.74, 6) is 0.0681.